The molecule has 0 saturated heterocycles. The van der Waals surface area contributed by atoms with Gasteiger partial charge in [0.2, 0.25) is 0 Å². The molecule has 2 N–H and O–H groups in total. The van der Waals surface area contributed by atoms with Crippen molar-refractivity contribution >= 4 is 28.9 Å². The highest BCUT2D eigenvalue weighted by atomic mass is 35.5. The Kier molecular flexibility index (Phi) is 5.94. The van der Waals surface area contributed by atoms with Gasteiger partial charge in [0.05, 0.1) is 19.0 Å². The number of nitrogens with zero attached hydrogens (tertiary/aromatic N) is 1. The van der Waals surface area contributed by atoms with Gasteiger partial charge in [0.1, 0.15) is 11.4 Å². The fraction of sp³-hybridized carbons (Fsp3) is 0.143. The fourth-order valence-corrected chi connectivity index (χ4v) is 2.77. The maximum atomic E-state index is 12.3. The standard InChI is InChI=1S/C21H20ClN3O2/c1-14-7-8-16(22)11-19(14)25-17-9-10-18(23-13-17)21(26)24-12-15-5-3-4-6-20(15)27-2/h3-11,13,25H,12H2,1-2H3,(H,24,26). The minimum Gasteiger partial charge on any atom is -0.496 e. The Balaban J connectivity index is 1.64. The summed E-state index contributed by atoms with van der Waals surface area (Å²) in [7, 11) is 1.61. The third-order valence-corrected chi connectivity index (χ3v) is 4.34. The number of ether oxygens (including phenoxy) is 1. The number of carbonyl (C=O) groups excluding carboxylic acids is 1. The van der Waals surface area contributed by atoms with E-state index in [-0.39, 0.29) is 5.91 Å². The van der Waals surface area contributed by atoms with Gasteiger partial charge in [-0.15, -0.1) is 0 Å². The smallest absolute Gasteiger partial charge is 0.270 e. The summed E-state index contributed by atoms with van der Waals surface area (Å²) in [6, 6.07) is 16.7. The molecule has 0 unspecified atom stereocenters. The monoisotopic (exact) mass is 381 g/mol. The highest BCUT2D eigenvalue weighted by Gasteiger charge is 2.09. The number of aryl methyl sites for hydroxylation is 1. The molecule has 6 heteroatoms. The van der Waals surface area contributed by atoms with E-state index in [0.717, 1.165) is 28.3 Å². The molecule has 0 fully saturated rings. The van der Waals surface area contributed by atoms with E-state index < -0.39 is 0 Å². The van der Waals surface area contributed by atoms with Gasteiger partial charge >= 0.3 is 0 Å². The number of hydrogen-bond donors (Lipinski definition) is 2. The molecular weight excluding hydrogens is 362 g/mol. The fourth-order valence-electron chi connectivity index (χ4n) is 2.60. The van der Waals surface area contributed by atoms with Crippen LogP contribution in [-0.4, -0.2) is 18.0 Å². The van der Waals surface area contributed by atoms with E-state index in [9.17, 15) is 4.79 Å². The van der Waals surface area contributed by atoms with Crippen LogP contribution in [0, 0.1) is 6.92 Å². The Hall–Kier alpha value is -3.05. The zero-order valence-electron chi connectivity index (χ0n) is 15.1. The number of pyridine rings is 1. The molecule has 1 heterocycles. The lowest BCUT2D eigenvalue weighted by Gasteiger charge is -2.11. The number of amides is 1. The second kappa shape index (κ2) is 8.56. The van der Waals surface area contributed by atoms with Gasteiger partial charge in [0, 0.05) is 22.8 Å². The van der Waals surface area contributed by atoms with Crippen LogP contribution >= 0.6 is 11.6 Å². The summed E-state index contributed by atoms with van der Waals surface area (Å²) in [5, 5.41) is 6.77. The Labute approximate surface area is 163 Å². The van der Waals surface area contributed by atoms with Crippen molar-refractivity contribution in [2.24, 2.45) is 0 Å². The SMILES string of the molecule is COc1ccccc1CNC(=O)c1ccc(Nc2cc(Cl)ccc2C)cn1. The molecule has 3 rings (SSSR count). The van der Waals surface area contributed by atoms with Gasteiger partial charge in [0.15, 0.2) is 0 Å². The van der Waals surface area contributed by atoms with E-state index in [4.69, 9.17) is 16.3 Å². The molecule has 1 aromatic heterocycles. The minimum atomic E-state index is -0.244. The summed E-state index contributed by atoms with van der Waals surface area (Å²) >= 11 is 6.04. The Morgan fingerprint density at radius 3 is 2.70 bits per heavy atom. The average molecular weight is 382 g/mol. The third kappa shape index (κ3) is 4.77. The van der Waals surface area contributed by atoms with E-state index in [1.807, 2.05) is 55.5 Å². The number of para-hydroxylation sites is 1. The van der Waals surface area contributed by atoms with Crippen LogP contribution in [0.15, 0.2) is 60.8 Å². The molecule has 0 aliphatic rings. The first-order chi connectivity index (χ1) is 13.1. The molecule has 0 saturated carbocycles. The van der Waals surface area contributed by atoms with Gasteiger partial charge in [-0.2, -0.15) is 0 Å². The lowest BCUT2D eigenvalue weighted by atomic mass is 10.2. The lowest BCUT2D eigenvalue weighted by Crippen LogP contribution is -2.24. The van der Waals surface area contributed by atoms with Crippen molar-refractivity contribution in [1.29, 1.82) is 0 Å². The summed E-state index contributed by atoms with van der Waals surface area (Å²) in [6.45, 7) is 2.36. The molecule has 138 valence electrons. The minimum absolute atomic E-state index is 0.244. The molecule has 27 heavy (non-hydrogen) atoms. The molecule has 0 bridgehead atoms. The van der Waals surface area contributed by atoms with Gasteiger partial charge in [-0.3, -0.25) is 4.79 Å². The number of nitrogens with one attached hydrogen (secondary N) is 2. The van der Waals surface area contributed by atoms with Gasteiger partial charge < -0.3 is 15.4 Å². The Bertz CT molecular complexity index is 942. The first kappa shape index (κ1) is 18.7. The third-order valence-electron chi connectivity index (χ3n) is 4.11. The number of anilines is 2. The summed E-state index contributed by atoms with van der Waals surface area (Å²) in [4.78, 5) is 16.6. The number of rotatable bonds is 6. The molecule has 0 aliphatic carbocycles. The summed E-state index contributed by atoms with van der Waals surface area (Å²) in [5.74, 6) is 0.494. The van der Waals surface area contributed by atoms with Crippen LogP contribution < -0.4 is 15.4 Å². The molecule has 0 spiro atoms. The van der Waals surface area contributed by atoms with Gasteiger partial charge in [-0.05, 0) is 42.8 Å². The van der Waals surface area contributed by atoms with E-state index in [1.165, 1.54) is 0 Å². The zero-order chi connectivity index (χ0) is 19.2. The molecule has 1 amide bonds. The van der Waals surface area contributed by atoms with Crippen LogP contribution in [0.2, 0.25) is 5.02 Å². The van der Waals surface area contributed by atoms with Crippen molar-refractivity contribution in [2.75, 3.05) is 12.4 Å². The quantitative estimate of drug-likeness (QED) is 0.648. The molecular formula is C21H20ClN3O2. The molecule has 0 aliphatic heterocycles. The van der Waals surface area contributed by atoms with Crippen LogP contribution in [0.5, 0.6) is 5.75 Å². The maximum Gasteiger partial charge on any atom is 0.270 e. The van der Waals surface area contributed by atoms with E-state index in [1.54, 1.807) is 19.4 Å². The molecule has 5 nitrogen and oxygen atoms in total. The van der Waals surface area contributed by atoms with Gasteiger partial charge in [0.25, 0.3) is 5.91 Å². The lowest BCUT2D eigenvalue weighted by molar-refractivity contribution is 0.0945. The second-order valence-electron chi connectivity index (χ2n) is 6.01. The number of hydrogen-bond acceptors (Lipinski definition) is 4. The second-order valence-corrected chi connectivity index (χ2v) is 6.45. The number of aromatic nitrogens is 1. The molecule has 3 aromatic rings. The van der Waals surface area contributed by atoms with Crippen LogP contribution in [0.4, 0.5) is 11.4 Å². The molecule has 2 aromatic carbocycles. The normalized spacial score (nSPS) is 10.3. The summed E-state index contributed by atoms with van der Waals surface area (Å²) in [6.07, 6.45) is 1.62. The Morgan fingerprint density at radius 1 is 1.15 bits per heavy atom. The average Bonchev–Trinajstić information content (AvgIpc) is 2.69. The first-order valence-corrected chi connectivity index (χ1v) is 8.84. The van der Waals surface area contributed by atoms with Crippen LogP contribution in [-0.2, 0) is 6.54 Å². The molecule has 0 radical (unpaired) electrons. The van der Waals surface area contributed by atoms with Gasteiger partial charge in [-0.1, -0.05) is 35.9 Å². The van der Waals surface area contributed by atoms with Crippen molar-refractivity contribution < 1.29 is 9.53 Å². The largest absolute Gasteiger partial charge is 0.496 e. The van der Waals surface area contributed by atoms with E-state index >= 15 is 0 Å². The number of benzene rings is 2. The van der Waals surface area contributed by atoms with Crippen molar-refractivity contribution in [3.63, 3.8) is 0 Å². The topological polar surface area (TPSA) is 63.2 Å². The number of carbonyl (C=O) groups is 1. The maximum absolute atomic E-state index is 12.3. The summed E-state index contributed by atoms with van der Waals surface area (Å²) in [5.41, 5.74) is 4.00. The van der Waals surface area contributed by atoms with Gasteiger partial charge in [-0.25, -0.2) is 4.98 Å². The number of halogens is 1. The number of methoxy groups -OCH3 is 1. The van der Waals surface area contributed by atoms with Crippen molar-refractivity contribution in [3.05, 3.63) is 82.6 Å². The Morgan fingerprint density at radius 2 is 1.96 bits per heavy atom. The van der Waals surface area contributed by atoms with Crippen molar-refractivity contribution in [2.45, 2.75) is 13.5 Å². The van der Waals surface area contributed by atoms with E-state index in [0.29, 0.717) is 17.3 Å². The molecule has 0 atom stereocenters. The van der Waals surface area contributed by atoms with Crippen LogP contribution in [0.3, 0.4) is 0 Å². The highest BCUT2D eigenvalue weighted by Crippen LogP contribution is 2.24. The first-order valence-electron chi connectivity index (χ1n) is 8.46. The van der Waals surface area contributed by atoms with E-state index in [2.05, 4.69) is 15.6 Å². The van der Waals surface area contributed by atoms with Crippen molar-refractivity contribution in [3.8, 4) is 5.75 Å². The predicted octanol–water partition coefficient (Wildman–Crippen LogP) is 4.73. The zero-order valence-corrected chi connectivity index (χ0v) is 15.9. The van der Waals surface area contributed by atoms with Crippen LogP contribution in [0.25, 0.3) is 0 Å². The van der Waals surface area contributed by atoms with Crippen molar-refractivity contribution in [1.82, 2.24) is 10.3 Å². The predicted molar refractivity (Wildman–Crippen MR) is 108 cm³/mol. The van der Waals surface area contributed by atoms with Crippen LogP contribution in [0.1, 0.15) is 21.6 Å². The highest BCUT2D eigenvalue weighted by molar-refractivity contribution is 6.30. The summed E-state index contributed by atoms with van der Waals surface area (Å²) < 4.78 is 5.29.